The van der Waals surface area contributed by atoms with Crippen LogP contribution in [0, 0.1) is 5.41 Å². The van der Waals surface area contributed by atoms with Gasteiger partial charge in [0.15, 0.2) is 0 Å². The summed E-state index contributed by atoms with van der Waals surface area (Å²) in [6.07, 6.45) is -0.168. The highest BCUT2D eigenvalue weighted by atomic mass is 19.4. The molecule has 2 fully saturated rings. The summed E-state index contributed by atoms with van der Waals surface area (Å²) in [6, 6.07) is 0. The van der Waals surface area contributed by atoms with Crippen molar-refractivity contribution in [3.8, 4) is 0 Å². The number of ether oxygens (including phenoxy) is 1. The van der Waals surface area contributed by atoms with Crippen molar-refractivity contribution in [3.63, 3.8) is 0 Å². The number of alkyl halides is 15. The van der Waals surface area contributed by atoms with Crippen molar-refractivity contribution in [1.82, 2.24) is 0 Å². The van der Waals surface area contributed by atoms with Gasteiger partial charge in [0.25, 0.3) is 5.67 Å². The maximum absolute atomic E-state index is 14.7. The number of halogens is 15. The molecule has 0 heterocycles. The molecule has 0 aromatic carbocycles. The molecule has 0 aromatic heterocycles. The number of carbonyl (C=O) groups excluding carboxylic acids is 1. The van der Waals surface area contributed by atoms with E-state index in [0.29, 0.717) is 0 Å². The molecule has 2 saturated carbocycles. The second-order valence-electron chi connectivity index (χ2n) is 6.76. The molecule has 2 nitrogen and oxygen atoms in total. The molecule has 17 heteroatoms. The van der Waals surface area contributed by atoms with Gasteiger partial charge in [0.2, 0.25) is 5.41 Å². The first-order valence-electron chi connectivity index (χ1n) is 7.51. The third kappa shape index (κ3) is 1.96. The van der Waals surface area contributed by atoms with Crippen LogP contribution in [-0.4, -0.2) is 66.1 Å². The monoisotopic (exact) mass is 492 g/mol. The fourth-order valence-electron chi connectivity index (χ4n) is 3.65. The largest absolute Gasteiger partial charge is 0.461 e. The SMILES string of the molecule is C=CC(=O)OCC12C(F)(F)C(F)(F)C(F)(F)C(F)(C(F)(F)C(F)(CF)C1(F)F)C2(F)F. The first-order valence-corrected chi connectivity index (χ1v) is 7.51. The molecule has 2 aliphatic rings. The Bertz CT molecular complexity index is 808. The lowest BCUT2D eigenvalue weighted by Gasteiger charge is -2.67. The van der Waals surface area contributed by atoms with E-state index >= 15 is 0 Å². The van der Waals surface area contributed by atoms with E-state index in [-0.39, 0.29) is 6.08 Å². The number of hydrogen-bond donors (Lipinski definition) is 0. The quantitative estimate of drug-likeness (QED) is 0.316. The molecule has 0 aromatic rings. The van der Waals surface area contributed by atoms with Gasteiger partial charge in [-0.15, -0.1) is 0 Å². The minimum absolute atomic E-state index is 0.168. The van der Waals surface area contributed by atoms with Gasteiger partial charge in [0.05, 0.1) is 0 Å². The summed E-state index contributed by atoms with van der Waals surface area (Å²) in [6.45, 7) is -5.18. The standard InChI is InChI=1S/C14H7F15O2/c1-2-5(30)31-4-6-9(18,19)7(16,3-15)12(24,25)8(17,10(6,20)21)13(26,27)14(28,29)11(6,22)23/h2H,1,3-4H2. The zero-order valence-corrected chi connectivity index (χ0v) is 14.2. The Morgan fingerprint density at radius 3 is 1.52 bits per heavy atom. The van der Waals surface area contributed by atoms with E-state index in [1.165, 1.54) is 0 Å². The molecule has 0 spiro atoms. The van der Waals surface area contributed by atoms with E-state index in [9.17, 15) is 70.7 Å². The third-order valence-corrected chi connectivity index (χ3v) is 5.47. The van der Waals surface area contributed by atoms with E-state index < -0.39 is 71.5 Å². The molecule has 31 heavy (non-hydrogen) atoms. The van der Waals surface area contributed by atoms with Gasteiger partial charge >= 0.3 is 47.2 Å². The highest BCUT2D eigenvalue weighted by molar-refractivity contribution is 5.81. The van der Waals surface area contributed by atoms with E-state index in [1.54, 1.807) is 0 Å². The van der Waals surface area contributed by atoms with Crippen LogP contribution in [0.5, 0.6) is 0 Å². The van der Waals surface area contributed by atoms with E-state index in [4.69, 9.17) is 0 Å². The Labute approximate surface area is 161 Å². The van der Waals surface area contributed by atoms with Crippen LogP contribution >= 0.6 is 0 Å². The molecule has 0 amide bonds. The van der Waals surface area contributed by atoms with Gasteiger partial charge in [-0.05, 0) is 0 Å². The highest BCUT2D eigenvalue weighted by Gasteiger charge is 3.13. The van der Waals surface area contributed by atoms with Crippen LogP contribution in [0.3, 0.4) is 0 Å². The zero-order valence-electron chi connectivity index (χ0n) is 14.2. The van der Waals surface area contributed by atoms with Gasteiger partial charge in [0, 0.05) is 6.08 Å². The minimum Gasteiger partial charge on any atom is -0.461 e. The fourth-order valence-corrected chi connectivity index (χ4v) is 3.65. The van der Waals surface area contributed by atoms with Gasteiger partial charge in [-0.25, -0.2) is 35.5 Å². The Morgan fingerprint density at radius 1 is 0.677 bits per heavy atom. The van der Waals surface area contributed by atoms with Crippen LogP contribution in [0.2, 0.25) is 0 Å². The molecule has 0 aliphatic heterocycles. The first-order chi connectivity index (χ1) is 13.5. The predicted octanol–water partition coefficient (Wildman–Crippen LogP) is 4.93. The lowest BCUT2D eigenvalue weighted by molar-refractivity contribution is -0.558. The van der Waals surface area contributed by atoms with E-state index in [0.717, 1.165) is 0 Å². The first kappa shape index (κ1) is 25.4. The van der Waals surface area contributed by atoms with Gasteiger partial charge in [-0.3, -0.25) is 0 Å². The molecule has 0 radical (unpaired) electrons. The minimum atomic E-state index is -7.95. The maximum atomic E-state index is 14.7. The summed E-state index contributed by atoms with van der Waals surface area (Å²) in [7, 11) is 0. The lowest BCUT2D eigenvalue weighted by Crippen LogP contribution is -2.98. The van der Waals surface area contributed by atoms with Crippen LogP contribution in [0.4, 0.5) is 65.9 Å². The summed E-state index contributed by atoms with van der Waals surface area (Å²) in [5, 5.41) is 0. The molecule has 0 N–H and O–H groups in total. The van der Waals surface area contributed by atoms with Crippen LogP contribution in [-0.2, 0) is 9.53 Å². The second-order valence-corrected chi connectivity index (χ2v) is 6.76. The van der Waals surface area contributed by atoms with Crippen molar-refractivity contribution in [1.29, 1.82) is 0 Å². The molecular formula is C14H7F15O2. The Morgan fingerprint density at radius 2 is 1.13 bits per heavy atom. The zero-order chi connectivity index (χ0) is 24.9. The Kier molecular flexibility index (Phi) is 4.87. The fraction of sp³-hybridized carbons (Fsp3) is 0.786. The van der Waals surface area contributed by atoms with Gasteiger partial charge in [0.1, 0.15) is 13.3 Å². The topological polar surface area (TPSA) is 26.3 Å². The van der Waals surface area contributed by atoms with Crippen LogP contribution < -0.4 is 0 Å². The summed E-state index contributed by atoms with van der Waals surface area (Å²) >= 11 is 0. The Hall–Kier alpha value is -1.84. The highest BCUT2D eigenvalue weighted by Crippen LogP contribution is 2.83. The molecule has 2 rings (SSSR count). The number of fused-ring (bicyclic) bond motifs is 2. The molecule has 3 atom stereocenters. The summed E-state index contributed by atoms with van der Waals surface area (Å²) in [5.41, 5.74) is -21.7. The molecule has 0 saturated heterocycles. The molecule has 180 valence electrons. The van der Waals surface area contributed by atoms with Crippen molar-refractivity contribution in [3.05, 3.63) is 12.7 Å². The van der Waals surface area contributed by atoms with E-state index in [2.05, 4.69) is 11.3 Å². The third-order valence-electron chi connectivity index (χ3n) is 5.47. The van der Waals surface area contributed by atoms with Crippen molar-refractivity contribution >= 4 is 5.97 Å². The summed E-state index contributed by atoms with van der Waals surface area (Å²) in [5.74, 6) is -48.5. The number of rotatable bonds is 4. The maximum Gasteiger partial charge on any atom is 0.377 e. The van der Waals surface area contributed by atoms with Crippen molar-refractivity contribution < 1.29 is 75.4 Å². The number of hydrogen-bond acceptors (Lipinski definition) is 2. The average molecular weight is 492 g/mol. The molecular weight excluding hydrogens is 485 g/mol. The number of esters is 1. The van der Waals surface area contributed by atoms with Crippen LogP contribution in [0.1, 0.15) is 0 Å². The molecule has 3 unspecified atom stereocenters. The van der Waals surface area contributed by atoms with Crippen molar-refractivity contribution in [2.75, 3.05) is 13.3 Å². The molecule has 2 aliphatic carbocycles. The predicted molar refractivity (Wildman–Crippen MR) is 66.9 cm³/mol. The van der Waals surface area contributed by atoms with E-state index in [1.807, 2.05) is 0 Å². The van der Waals surface area contributed by atoms with Crippen molar-refractivity contribution in [2.45, 2.75) is 46.9 Å². The van der Waals surface area contributed by atoms with Crippen LogP contribution in [0.15, 0.2) is 12.7 Å². The normalized spacial score (nSPS) is 40.6. The van der Waals surface area contributed by atoms with Gasteiger partial charge in [-0.2, -0.15) is 35.1 Å². The van der Waals surface area contributed by atoms with Gasteiger partial charge in [-0.1, -0.05) is 6.58 Å². The van der Waals surface area contributed by atoms with Crippen LogP contribution in [0.25, 0.3) is 0 Å². The van der Waals surface area contributed by atoms with Crippen molar-refractivity contribution in [2.24, 2.45) is 5.41 Å². The summed E-state index contributed by atoms with van der Waals surface area (Å²) < 4.78 is 216. The van der Waals surface area contributed by atoms with Gasteiger partial charge < -0.3 is 4.74 Å². The number of carbonyl (C=O) groups is 1. The summed E-state index contributed by atoms with van der Waals surface area (Å²) in [4.78, 5) is 11.0. The smallest absolute Gasteiger partial charge is 0.377 e. The lowest BCUT2D eigenvalue weighted by atomic mass is 9.46. The average Bonchev–Trinajstić information content (AvgIpc) is 2.63. The second kappa shape index (κ2) is 5.94. The molecule has 2 bridgehead atoms. The Balaban J connectivity index is 3.19.